The zero-order valence-corrected chi connectivity index (χ0v) is 12.0. The van der Waals surface area contributed by atoms with Gasteiger partial charge >= 0.3 is 5.97 Å². The number of aryl methyl sites for hydroxylation is 1. The van der Waals surface area contributed by atoms with Crippen molar-refractivity contribution in [1.82, 2.24) is 0 Å². The molecular weight excluding hydrogens is 254 g/mol. The number of carboxylic acids is 1. The van der Waals surface area contributed by atoms with E-state index in [-0.39, 0.29) is 5.91 Å². The second-order valence-electron chi connectivity index (χ2n) is 4.75. The van der Waals surface area contributed by atoms with Crippen molar-refractivity contribution in [3.8, 4) is 0 Å². The second kappa shape index (κ2) is 8.15. The number of carbonyl (C=O) groups excluding carboxylic acids is 1. The number of benzene rings is 1. The highest BCUT2D eigenvalue weighted by Crippen LogP contribution is 2.17. The average Bonchev–Trinajstić information content (AvgIpc) is 2.38. The molecule has 0 fully saturated rings. The van der Waals surface area contributed by atoms with Gasteiger partial charge in [-0.05, 0) is 42.7 Å². The quantitative estimate of drug-likeness (QED) is 0.590. The van der Waals surface area contributed by atoms with Crippen LogP contribution in [0.2, 0.25) is 0 Å². The Morgan fingerprint density at radius 1 is 1.30 bits per heavy atom. The first kappa shape index (κ1) is 16.0. The van der Waals surface area contributed by atoms with E-state index in [9.17, 15) is 9.59 Å². The van der Waals surface area contributed by atoms with Gasteiger partial charge in [-0.15, -0.1) is 0 Å². The molecule has 20 heavy (non-hydrogen) atoms. The lowest BCUT2D eigenvalue weighted by atomic mass is 10.1. The fourth-order valence-electron chi connectivity index (χ4n) is 1.86. The van der Waals surface area contributed by atoms with E-state index in [1.165, 1.54) is 0 Å². The summed E-state index contributed by atoms with van der Waals surface area (Å²) in [6.45, 7) is 3.99. The molecule has 4 nitrogen and oxygen atoms in total. The number of carboxylic acid groups (broad SMARTS) is 1. The summed E-state index contributed by atoms with van der Waals surface area (Å²) >= 11 is 0. The largest absolute Gasteiger partial charge is 0.478 e. The zero-order chi connectivity index (χ0) is 15.0. The van der Waals surface area contributed by atoms with Crippen LogP contribution in [0.5, 0.6) is 0 Å². The Bertz CT molecular complexity index is 506. The Hall–Kier alpha value is -2.10. The topological polar surface area (TPSA) is 66.4 Å². The molecule has 1 aromatic carbocycles. The lowest BCUT2D eigenvalue weighted by molar-refractivity contribution is -0.131. The number of hydrogen-bond donors (Lipinski definition) is 2. The van der Waals surface area contributed by atoms with E-state index in [1.807, 2.05) is 13.0 Å². The van der Waals surface area contributed by atoms with Gasteiger partial charge in [0.05, 0.1) is 0 Å². The predicted octanol–water partition coefficient (Wildman–Crippen LogP) is 3.61. The monoisotopic (exact) mass is 275 g/mol. The van der Waals surface area contributed by atoms with Gasteiger partial charge in [0.15, 0.2) is 0 Å². The van der Waals surface area contributed by atoms with E-state index in [0.29, 0.717) is 6.42 Å². The average molecular weight is 275 g/mol. The standard InChI is InChI=1S/C16H21NO3/c1-3-4-5-6-15(18)17-14-9-7-13(12(2)11-14)8-10-16(19)20/h7-11H,3-6H2,1-2H3,(H,17,18)(H,19,20). The smallest absolute Gasteiger partial charge is 0.328 e. The van der Waals surface area contributed by atoms with Crippen molar-refractivity contribution in [3.63, 3.8) is 0 Å². The van der Waals surface area contributed by atoms with Gasteiger partial charge in [0.1, 0.15) is 0 Å². The molecule has 4 heteroatoms. The van der Waals surface area contributed by atoms with Gasteiger partial charge in [0, 0.05) is 18.2 Å². The van der Waals surface area contributed by atoms with Crippen molar-refractivity contribution in [2.45, 2.75) is 39.5 Å². The van der Waals surface area contributed by atoms with E-state index in [4.69, 9.17) is 5.11 Å². The van der Waals surface area contributed by atoms with Gasteiger partial charge in [-0.2, -0.15) is 0 Å². The van der Waals surface area contributed by atoms with E-state index >= 15 is 0 Å². The van der Waals surface area contributed by atoms with Crippen molar-refractivity contribution in [3.05, 3.63) is 35.4 Å². The van der Waals surface area contributed by atoms with Crippen LogP contribution >= 0.6 is 0 Å². The highest BCUT2D eigenvalue weighted by Gasteiger charge is 2.03. The summed E-state index contributed by atoms with van der Waals surface area (Å²) in [5, 5.41) is 11.5. The summed E-state index contributed by atoms with van der Waals surface area (Å²) in [5.74, 6) is -0.954. The Morgan fingerprint density at radius 2 is 2.05 bits per heavy atom. The molecule has 0 unspecified atom stereocenters. The van der Waals surface area contributed by atoms with Crippen LogP contribution in [-0.2, 0) is 9.59 Å². The molecule has 0 aliphatic heterocycles. The Labute approximate surface area is 119 Å². The van der Waals surface area contributed by atoms with Crippen molar-refractivity contribution in [2.24, 2.45) is 0 Å². The molecule has 0 saturated heterocycles. The number of hydrogen-bond acceptors (Lipinski definition) is 2. The molecule has 1 rings (SSSR count). The van der Waals surface area contributed by atoms with Gasteiger partial charge in [0.2, 0.25) is 5.91 Å². The fourth-order valence-corrected chi connectivity index (χ4v) is 1.86. The van der Waals surface area contributed by atoms with Gasteiger partial charge in [0.25, 0.3) is 0 Å². The summed E-state index contributed by atoms with van der Waals surface area (Å²) in [4.78, 5) is 22.2. The SMILES string of the molecule is CCCCCC(=O)Nc1ccc(C=CC(=O)O)c(C)c1. The van der Waals surface area contributed by atoms with Crippen LogP contribution < -0.4 is 5.32 Å². The first-order valence-electron chi connectivity index (χ1n) is 6.84. The van der Waals surface area contributed by atoms with E-state index in [2.05, 4.69) is 12.2 Å². The Balaban J connectivity index is 2.63. The summed E-state index contributed by atoms with van der Waals surface area (Å²) in [6.07, 6.45) is 6.24. The number of nitrogens with one attached hydrogen (secondary N) is 1. The second-order valence-corrected chi connectivity index (χ2v) is 4.75. The summed E-state index contributed by atoms with van der Waals surface area (Å²) in [5.41, 5.74) is 2.50. The number of anilines is 1. The summed E-state index contributed by atoms with van der Waals surface area (Å²) in [6, 6.07) is 5.43. The van der Waals surface area contributed by atoms with E-state index in [0.717, 1.165) is 42.2 Å². The lowest BCUT2D eigenvalue weighted by Crippen LogP contribution is -2.11. The van der Waals surface area contributed by atoms with Crippen LogP contribution in [0.25, 0.3) is 6.08 Å². The lowest BCUT2D eigenvalue weighted by Gasteiger charge is -2.07. The minimum absolute atomic E-state index is 0.0201. The Morgan fingerprint density at radius 3 is 2.65 bits per heavy atom. The van der Waals surface area contributed by atoms with Gasteiger partial charge in [-0.3, -0.25) is 4.79 Å². The minimum Gasteiger partial charge on any atom is -0.478 e. The number of aliphatic carboxylic acids is 1. The molecule has 0 heterocycles. The molecule has 1 amide bonds. The van der Waals surface area contributed by atoms with Gasteiger partial charge in [-0.25, -0.2) is 4.79 Å². The number of unbranched alkanes of at least 4 members (excludes halogenated alkanes) is 2. The minimum atomic E-state index is -0.974. The van der Waals surface area contributed by atoms with Crippen molar-refractivity contribution < 1.29 is 14.7 Å². The number of carbonyl (C=O) groups is 2. The molecule has 0 saturated carbocycles. The highest BCUT2D eigenvalue weighted by atomic mass is 16.4. The molecule has 0 spiro atoms. The molecule has 108 valence electrons. The maximum Gasteiger partial charge on any atom is 0.328 e. The van der Waals surface area contributed by atoms with Crippen molar-refractivity contribution in [2.75, 3.05) is 5.32 Å². The van der Waals surface area contributed by atoms with Crippen LogP contribution in [0.1, 0.15) is 43.7 Å². The van der Waals surface area contributed by atoms with E-state index in [1.54, 1.807) is 18.2 Å². The molecular formula is C16H21NO3. The van der Waals surface area contributed by atoms with E-state index < -0.39 is 5.97 Å². The van der Waals surface area contributed by atoms with Crippen LogP contribution in [0.15, 0.2) is 24.3 Å². The normalized spacial score (nSPS) is 10.7. The molecule has 0 radical (unpaired) electrons. The van der Waals surface area contributed by atoms with Crippen LogP contribution in [0, 0.1) is 6.92 Å². The summed E-state index contributed by atoms with van der Waals surface area (Å²) < 4.78 is 0. The molecule has 0 aromatic heterocycles. The summed E-state index contributed by atoms with van der Waals surface area (Å²) in [7, 11) is 0. The maximum atomic E-state index is 11.7. The van der Waals surface area contributed by atoms with Crippen LogP contribution in [-0.4, -0.2) is 17.0 Å². The molecule has 0 aliphatic rings. The number of amides is 1. The maximum absolute atomic E-state index is 11.7. The van der Waals surface area contributed by atoms with Crippen molar-refractivity contribution >= 4 is 23.6 Å². The van der Waals surface area contributed by atoms with Gasteiger partial charge < -0.3 is 10.4 Å². The number of rotatable bonds is 7. The third-order valence-electron chi connectivity index (χ3n) is 2.97. The third kappa shape index (κ3) is 5.69. The molecule has 0 bridgehead atoms. The fraction of sp³-hybridized carbons (Fsp3) is 0.375. The first-order chi connectivity index (χ1) is 9.52. The third-order valence-corrected chi connectivity index (χ3v) is 2.97. The van der Waals surface area contributed by atoms with Gasteiger partial charge in [-0.1, -0.05) is 25.8 Å². The first-order valence-corrected chi connectivity index (χ1v) is 6.84. The molecule has 0 aliphatic carbocycles. The predicted molar refractivity (Wildman–Crippen MR) is 80.6 cm³/mol. The van der Waals surface area contributed by atoms with Crippen LogP contribution in [0.3, 0.4) is 0 Å². The Kier molecular flexibility index (Phi) is 6.50. The zero-order valence-electron chi connectivity index (χ0n) is 12.0. The molecule has 0 atom stereocenters. The molecule has 2 N–H and O–H groups in total. The van der Waals surface area contributed by atoms with Crippen molar-refractivity contribution in [1.29, 1.82) is 0 Å². The van der Waals surface area contributed by atoms with Crippen LogP contribution in [0.4, 0.5) is 5.69 Å². The molecule has 1 aromatic rings. The highest BCUT2D eigenvalue weighted by molar-refractivity contribution is 5.91.